The van der Waals surface area contributed by atoms with Gasteiger partial charge in [0, 0.05) is 31.9 Å². The Balaban J connectivity index is 1.48. The number of rotatable bonds is 14. The van der Waals surface area contributed by atoms with Crippen molar-refractivity contribution in [1.29, 1.82) is 0 Å². The number of likely N-dealkylation sites (tertiary alicyclic amines) is 1. The molecule has 3 N–H and O–H groups in total. The summed E-state index contributed by atoms with van der Waals surface area (Å²) in [7, 11) is 0. The molecule has 9 nitrogen and oxygen atoms in total. The van der Waals surface area contributed by atoms with Gasteiger partial charge in [-0.15, -0.1) is 0 Å². The Morgan fingerprint density at radius 1 is 1.12 bits per heavy atom. The summed E-state index contributed by atoms with van der Waals surface area (Å²) in [5.74, 6) is -0.0822. The highest BCUT2D eigenvalue weighted by Crippen LogP contribution is 2.23. The van der Waals surface area contributed by atoms with Crippen molar-refractivity contribution < 1.29 is 19.5 Å². The van der Waals surface area contributed by atoms with Crippen molar-refractivity contribution in [1.82, 2.24) is 20.1 Å². The maximum atomic E-state index is 13.2. The van der Waals surface area contributed by atoms with Crippen molar-refractivity contribution >= 4 is 46.1 Å². The van der Waals surface area contributed by atoms with Gasteiger partial charge < -0.3 is 20.6 Å². The number of amides is 2. The highest BCUT2D eigenvalue weighted by Gasteiger charge is 2.31. The molecule has 40 heavy (non-hydrogen) atoms. The summed E-state index contributed by atoms with van der Waals surface area (Å²) in [4.78, 5) is 46.2. The molecule has 2 atom stereocenters. The lowest BCUT2D eigenvalue weighted by molar-refractivity contribution is -0.142. The Bertz CT molecular complexity index is 1290. The van der Waals surface area contributed by atoms with E-state index >= 15 is 0 Å². The van der Waals surface area contributed by atoms with E-state index in [4.69, 9.17) is 0 Å². The molecule has 2 aromatic carbocycles. The molecular formula is C30H37N5O4S. The second-order valence-electron chi connectivity index (χ2n) is 10.00. The number of carboxylic acids is 1. The zero-order chi connectivity index (χ0) is 28.3. The number of anilines is 1. The highest BCUT2D eigenvalue weighted by atomic mass is 32.2. The van der Waals surface area contributed by atoms with Crippen molar-refractivity contribution in [3.05, 3.63) is 72.4 Å². The first-order valence-electron chi connectivity index (χ1n) is 13.6. The SMILES string of the molecule is CSCC[C@H](NC(=O)CN(Cc1cccc2ccccc12)C[C@@H]1CCCN1C(=O)CNc1ccccn1)C(=O)O. The van der Waals surface area contributed by atoms with E-state index in [1.807, 2.05) is 52.5 Å². The van der Waals surface area contributed by atoms with Crippen molar-refractivity contribution in [3.8, 4) is 0 Å². The number of pyridine rings is 1. The lowest BCUT2D eigenvalue weighted by atomic mass is 10.0. The van der Waals surface area contributed by atoms with Crippen molar-refractivity contribution in [2.24, 2.45) is 0 Å². The fourth-order valence-electron chi connectivity index (χ4n) is 5.18. The molecule has 1 fully saturated rings. The van der Waals surface area contributed by atoms with Crippen LogP contribution in [-0.4, -0.2) is 87.9 Å². The molecule has 0 spiro atoms. The van der Waals surface area contributed by atoms with Crippen LogP contribution in [0.15, 0.2) is 66.9 Å². The van der Waals surface area contributed by atoms with Crippen molar-refractivity contribution in [2.45, 2.75) is 37.9 Å². The van der Waals surface area contributed by atoms with Crippen LogP contribution in [-0.2, 0) is 20.9 Å². The fourth-order valence-corrected chi connectivity index (χ4v) is 5.65. The van der Waals surface area contributed by atoms with Crippen LogP contribution >= 0.6 is 11.8 Å². The molecule has 4 rings (SSSR count). The molecule has 0 unspecified atom stereocenters. The van der Waals surface area contributed by atoms with Gasteiger partial charge in [0.1, 0.15) is 11.9 Å². The number of nitrogens with zero attached hydrogens (tertiary/aromatic N) is 3. The largest absolute Gasteiger partial charge is 0.480 e. The smallest absolute Gasteiger partial charge is 0.326 e. The number of nitrogens with one attached hydrogen (secondary N) is 2. The Morgan fingerprint density at radius 2 is 1.93 bits per heavy atom. The summed E-state index contributed by atoms with van der Waals surface area (Å²) in [6, 6.07) is 18.8. The number of aliphatic carboxylic acids is 1. The van der Waals surface area contributed by atoms with Crippen molar-refractivity contribution in [2.75, 3.05) is 43.5 Å². The van der Waals surface area contributed by atoms with Gasteiger partial charge in [0.25, 0.3) is 0 Å². The fraction of sp³-hybridized carbons (Fsp3) is 0.400. The summed E-state index contributed by atoms with van der Waals surface area (Å²) in [6.45, 7) is 1.86. The molecule has 0 bridgehead atoms. The van der Waals surface area contributed by atoms with Gasteiger partial charge in [-0.3, -0.25) is 14.5 Å². The number of benzene rings is 2. The number of fused-ring (bicyclic) bond motifs is 1. The molecule has 10 heteroatoms. The molecule has 1 aliphatic heterocycles. The monoisotopic (exact) mass is 563 g/mol. The first-order valence-corrected chi connectivity index (χ1v) is 15.0. The predicted octanol–water partition coefficient (Wildman–Crippen LogP) is 3.46. The van der Waals surface area contributed by atoms with Gasteiger partial charge in [0.2, 0.25) is 11.8 Å². The Morgan fingerprint density at radius 3 is 2.70 bits per heavy atom. The molecule has 3 aromatic rings. The van der Waals surface area contributed by atoms with Gasteiger partial charge >= 0.3 is 5.97 Å². The minimum atomic E-state index is -1.03. The van der Waals surface area contributed by atoms with Crippen LogP contribution in [0.1, 0.15) is 24.8 Å². The molecule has 0 aliphatic carbocycles. The van der Waals surface area contributed by atoms with Crippen LogP contribution in [0.3, 0.4) is 0 Å². The number of carboxylic acid groups (broad SMARTS) is 1. The van der Waals surface area contributed by atoms with E-state index in [1.54, 1.807) is 18.0 Å². The van der Waals surface area contributed by atoms with Crippen LogP contribution < -0.4 is 10.6 Å². The first kappa shape index (κ1) is 29.4. The average Bonchev–Trinajstić information content (AvgIpc) is 3.42. The topological polar surface area (TPSA) is 115 Å². The van der Waals surface area contributed by atoms with E-state index < -0.39 is 12.0 Å². The Hall–Kier alpha value is -3.63. The minimum Gasteiger partial charge on any atom is -0.480 e. The number of hydrogen-bond acceptors (Lipinski definition) is 7. The maximum absolute atomic E-state index is 13.2. The average molecular weight is 564 g/mol. The van der Waals surface area contributed by atoms with E-state index in [-0.39, 0.29) is 30.9 Å². The van der Waals surface area contributed by atoms with Gasteiger partial charge in [0.05, 0.1) is 13.1 Å². The molecule has 0 saturated carbocycles. The Labute approximate surface area is 239 Å². The lowest BCUT2D eigenvalue weighted by Gasteiger charge is -2.31. The number of carbonyl (C=O) groups is 3. The number of hydrogen-bond donors (Lipinski definition) is 3. The van der Waals surface area contributed by atoms with Crippen molar-refractivity contribution in [3.63, 3.8) is 0 Å². The third-order valence-electron chi connectivity index (χ3n) is 7.14. The minimum absolute atomic E-state index is 0.00859. The number of thioether (sulfide) groups is 1. The summed E-state index contributed by atoms with van der Waals surface area (Å²) < 4.78 is 0. The molecule has 2 heterocycles. The standard InChI is InChI=1S/C30H37N5O4S/c1-40-17-14-26(30(38)39)33-28(36)21-34(19-23-10-6-9-22-8-2-3-12-25(22)23)20-24-11-7-16-35(24)29(37)18-32-27-13-4-5-15-31-27/h2-6,8-10,12-13,15,24,26H,7,11,14,16-21H2,1H3,(H,31,32)(H,33,36)(H,38,39)/t24-,26-/m0/s1. The zero-order valence-corrected chi connectivity index (χ0v) is 23.6. The van der Waals surface area contributed by atoms with Gasteiger partial charge in [-0.25, -0.2) is 9.78 Å². The predicted molar refractivity (Wildman–Crippen MR) is 159 cm³/mol. The molecule has 0 radical (unpaired) electrons. The normalized spacial score (nSPS) is 15.8. The van der Waals surface area contributed by atoms with Crippen LogP contribution in [0, 0.1) is 0 Å². The zero-order valence-electron chi connectivity index (χ0n) is 22.8. The van der Waals surface area contributed by atoms with E-state index in [9.17, 15) is 19.5 Å². The summed E-state index contributed by atoms with van der Waals surface area (Å²) in [6.07, 6.45) is 5.68. The third kappa shape index (κ3) is 8.19. The van der Waals surface area contributed by atoms with E-state index in [0.717, 1.165) is 29.2 Å². The van der Waals surface area contributed by atoms with Gasteiger partial charge in [-0.05, 0) is 59.7 Å². The lowest BCUT2D eigenvalue weighted by Crippen LogP contribution is -2.49. The van der Waals surface area contributed by atoms with Crippen LogP contribution in [0.5, 0.6) is 0 Å². The van der Waals surface area contributed by atoms with Gasteiger partial charge in [-0.1, -0.05) is 48.5 Å². The Kier molecular flexibility index (Phi) is 10.8. The summed E-state index contributed by atoms with van der Waals surface area (Å²) >= 11 is 1.55. The quantitative estimate of drug-likeness (QED) is 0.273. The molecule has 2 amide bonds. The first-order chi connectivity index (χ1) is 19.4. The van der Waals surface area contributed by atoms with Gasteiger partial charge in [0.15, 0.2) is 0 Å². The third-order valence-corrected chi connectivity index (χ3v) is 7.78. The van der Waals surface area contributed by atoms with E-state index in [2.05, 4.69) is 39.9 Å². The second kappa shape index (κ2) is 14.7. The van der Waals surface area contributed by atoms with Gasteiger partial charge in [-0.2, -0.15) is 11.8 Å². The summed E-state index contributed by atoms with van der Waals surface area (Å²) in [5, 5.41) is 17.6. The molecule has 1 saturated heterocycles. The van der Waals surface area contributed by atoms with Crippen LogP contribution in [0.4, 0.5) is 5.82 Å². The highest BCUT2D eigenvalue weighted by molar-refractivity contribution is 7.98. The second-order valence-corrected chi connectivity index (χ2v) is 11.0. The summed E-state index contributed by atoms with van der Waals surface area (Å²) in [5.41, 5.74) is 1.08. The molecule has 212 valence electrons. The van der Waals surface area contributed by atoms with Crippen LogP contribution in [0.25, 0.3) is 10.8 Å². The molecule has 1 aliphatic rings. The van der Waals surface area contributed by atoms with E-state index in [0.29, 0.717) is 37.6 Å². The van der Waals surface area contributed by atoms with Crippen LogP contribution in [0.2, 0.25) is 0 Å². The number of carbonyl (C=O) groups excluding carboxylic acids is 2. The molecule has 1 aromatic heterocycles. The molecular weight excluding hydrogens is 526 g/mol. The maximum Gasteiger partial charge on any atom is 0.326 e. The van der Waals surface area contributed by atoms with E-state index in [1.165, 1.54) is 0 Å². The number of aromatic nitrogens is 1.